The van der Waals surface area contributed by atoms with Crippen LogP contribution in [-0.4, -0.2) is 17.0 Å². The Hall–Kier alpha value is -3.40. The molecule has 0 aliphatic rings. The normalized spacial score (nSPS) is 10.6. The number of hydrogen-bond donors (Lipinski definition) is 2. The maximum absolute atomic E-state index is 12.5. The first-order valence-electron chi connectivity index (χ1n) is 10.3. The monoisotopic (exact) mass is 401 g/mol. The largest absolute Gasteiger partial charge is 0.478 e. The Morgan fingerprint density at radius 1 is 0.767 bits per heavy atom. The molecule has 0 fully saturated rings. The molecule has 3 aromatic carbocycles. The molecule has 0 saturated heterocycles. The van der Waals surface area contributed by atoms with E-state index in [2.05, 4.69) is 5.32 Å². The SMILES string of the molecule is Cc1ccc(C(=O)Nc2ccccc2CCCCCc2ccccc2C(=O)O)cc1. The van der Waals surface area contributed by atoms with Gasteiger partial charge in [-0.3, -0.25) is 4.79 Å². The summed E-state index contributed by atoms with van der Waals surface area (Å²) < 4.78 is 0. The van der Waals surface area contributed by atoms with Crippen LogP contribution in [0.25, 0.3) is 0 Å². The minimum absolute atomic E-state index is 0.104. The lowest BCUT2D eigenvalue weighted by molar-refractivity contribution is 0.0695. The van der Waals surface area contributed by atoms with Gasteiger partial charge in [0.15, 0.2) is 0 Å². The van der Waals surface area contributed by atoms with Gasteiger partial charge in [0, 0.05) is 11.3 Å². The summed E-state index contributed by atoms with van der Waals surface area (Å²) in [5, 5.41) is 12.3. The maximum Gasteiger partial charge on any atom is 0.335 e. The summed E-state index contributed by atoms with van der Waals surface area (Å²) in [6.07, 6.45) is 4.53. The Labute approximate surface area is 177 Å². The third-order valence-electron chi connectivity index (χ3n) is 5.22. The smallest absolute Gasteiger partial charge is 0.335 e. The van der Waals surface area contributed by atoms with E-state index >= 15 is 0 Å². The number of unbranched alkanes of at least 4 members (excludes halogenated alkanes) is 2. The highest BCUT2D eigenvalue weighted by atomic mass is 16.4. The summed E-state index contributed by atoms with van der Waals surface area (Å²) in [4.78, 5) is 23.8. The first-order chi connectivity index (χ1) is 14.5. The number of para-hydroxylation sites is 1. The molecule has 0 atom stereocenters. The van der Waals surface area contributed by atoms with Crippen LogP contribution in [0.3, 0.4) is 0 Å². The van der Waals surface area contributed by atoms with Gasteiger partial charge in [0.05, 0.1) is 5.56 Å². The maximum atomic E-state index is 12.5. The number of amides is 1. The summed E-state index contributed by atoms with van der Waals surface area (Å²) in [7, 11) is 0. The molecule has 3 rings (SSSR count). The predicted octanol–water partition coefficient (Wildman–Crippen LogP) is 5.90. The van der Waals surface area contributed by atoms with Crippen molar-refractivity contribution in [1.29, 1.82) is 0 Å². The van der Waals surface area contributed by atoms with Crippen LogP contribution in [0.2, 0.25) is 0 Å². The number of benzene rings is 3. The Balaban J connectivity index is 1.52. The Kier molecular flexibility index (Phi) is 7.39. The second-order valence-electron chi connectivity index (χ2n) is 7.50. The fourth-order valence-electron chi connectivity index (χ4n) is 3.51. The minimum Gasteiger partial charge on any atom is -0.478 e. The quantitative estimate of drug-likeness (QED) is 0.439. The van der Waals surface area contributed by atoms with Gasteiger partial charge in [0.25, 0.3) is 5.91 Å². The molecule has 0 aliphatic carbocycles. The second kappa shape index (κ2) is 10.4. The molecule has 4 heteroatoms. The lowest BCUT2D eigenvalue weighted by Gasteiger charge is -2.11. The van der Waals surface area contributed by atoms with E-state index in [9.17, 15) is 14.7 Å². The topological polar surface area (TPSA) is 66.4 Å². The van der Waals surface area contributed by atoms with Crippen LogP contribution in [0.15, 0.2) is 72.8 Å². The highest BCUT2D eigenvalue weighted by molar-refractivity contribution is 6.04. The van der Waals surface area contributed by atoms with Gasteiger partial charge >= 0.3 is 5.97 Å². The van der Waals surface area contributed by atoms with E-state index in [-0.39, 0.29) is 5.91 Å². The number of carboxylic acid groups (broad SMARTS) is 1. The van der Waals surface area contributed by atoms with Crippen LogP contribution in [0.5, 0.6) is 0 Å². The van der Waals surface area contributed by atoms with E-state index in [4.69, 9.17) is 0 Å². The first kappa shape index (κ1) is 21.3. The molecular weight excluding hydrogens is 374 g/mol. The molecule has 4 nitrogen and oxygen atoms in total. The van der Waals surface area contributed by atoms with Crippen molar-refractivity contribution >= 4 is 17.6 Å². The lowest BCUT2D eigenvalue weighted by atomic mass is 9.99. The Morgan fingerprint density at radius 2 is 1.37 bits per heavy atom. The summed E-state index contributed by atoms with van der Waals surface area (Å²) >= 11 is 0. The van der Waals surface area contributed by atoms with Crippen molar-refractivity contribution in [2.75, 3.05) is 5.32 Å². The third-order valence-corrected chi connectivity index (χ3v) is 5.22. The first-order valence-corrected chi connectivity index (χ1v) is 10.3. The summed E-state index contributed by atoms with van der Waals surface area (Å²) in [5.41, 5.74) is 5.01. The zero-order valence-corrected chi connectivity index (χ0v) is 17.2. The second-order valence-corrected chi connectivity index (χ2v) is 7.50. The fourth-order valence-corrected chi connectivity index (χ4v) is 3.51. The van der Waals surface area contributed by atoms with Crippen LogP contribution in [0, 0.1) is 6.92 Å². The predicted molar refractivity (Wildman–Crippen MR) is 120 cm³/mol. The zero-order chi connectivity index (χ0) is 21.3. The molecule has 0 unspecified atom stereocenters. The van der Waals surface area contributed by atoms with Gasteiger partial charge in [-0.2, -0.15) is 0 Å². The van der Waals surface area contributed by atoms with Crippen molar-refractivity contribution in [3.05, 3.63) is 101 Å². The molecule has 30 heavy (non-hydrogen) atoms. The van der Waals surface area contributed by atoms with Crippen LogP contribution >= 0.6 is 0 Å². The Morgan fingerprint density at radius 3 is 2.07 bits per heavy atom. The van der Waals surface area contributed by atoms with E-state index in [0.29, 0.717) is 11.1 Å². The summed E-state index contributed by atoms with van der Waals surface area (Å²) in [6.45, 7) is 2.00. The average molecular weight is 402 g/mol. The molecular formula is C26H27NO3. The molecule has 0 aliphatic heterocycles. The van der Waals surface area contributed by atoms with Gasteiger partial charge in [0.1, 0.15) is 0 Å². The zero-order valence-electron chi connectivity index (χ0n) is 17.2. The van der Waals surface area contributed by atoms with E-state index in [1.54, 1.807) is 12.1 Å². The minimum atomic E-state index is -0.871. The van der Waals surface area contributed by atoms with Crippen molar-refractivity contribution in [2.24, 2.45) is 0 Å². The standard InChI is InChI=1S/C26H27NO3/c1-19-15-17-22(18-16-19)25(28)27-24-14-8-6-12-21(24)11-4-2-3-9-20-10-5-7-13-23(20)26(29)30/h5-8,10,12-18H,2-4,9,11H2,1H3,(H,27,28)(H,29,30). The molecule has 0 saturated carbocycles. The Bertz CT molecular complexity index is 1010. The van der Waals surface area contributed by atoms with Crippen LogP contribution in [0.1, 0.15) is 56.7 Å². The van der Waals surface area contributed by atoms with Gasteiger partial charge in [-0.05, 0) is 68.0 Å². The van der Waals surface area contributed by atoms with E-state index < -0.39 is 5.97 Å². The van der Waals surface area contributed by atoms with Crippen molar-refractivity contribution in [3.8, 4) is 0 Å². The van der Waals surface area contributed by atoms with Gasteiger partial charge in [-0.15, -0.1) is 0 Å². The summed E-state index contributed by atoms with van der Waals surface area (Å²) in [5.74, 6) is -0.975. The van der Waals surface area contributed by atoms with Gasteiger partial charge in [-0.1, -0.05) is 60.5 Å². The van der Waals surface area contributed by atoms with E-state index in [0.717, 1.165) is 54.5 Å². The molecule has 2 N–H and O–H groups in total. The fraction of sp³-hybridized carbons (Fsp3) is 0.231. The number of carbonyl (C=O) groups is 2. The van der Waals surface area contributed by atoms with Crippen molar-refractivity contribution < 1.29 is 14.7 Å². The number of carboxylic acids is 1. The number of rotatable bonds is 9. The number of nitrogens with one attached hydrogen (secondary N) is 1. The summed E-state index contributed by atoms with van der Waals surface area (Å²) in [6, 6.07) is 22.6. The number of aryl methyl sites for hydroxylation is 3. The van der Waals surface area contributed by atoms with Crippen LogP contribution in [0.4, 0.5) is 5.69 Å². The van der Waals surface area contributed by atoms with E-state index in [1.807, 2.05) is 67.6 Å². The highest BCUT2D eigenvalue weighted by Crippen LogP contribution is 2.20. The highest BCUT2D eigenvalue weighted by Gasteiger charge is 2.10. The third kappa shape index (κ3) is 5.80. The van der Waals surface area contributed by atoms with Gasteiger partial charge < -0.3 is 10.4 Å². The van der Waals surface area contributed by atoms with Crippen molar-refractivity contribution in [3.63, 3.8) is 0 Å². The van der Waals surface area contributed by atoms with Gasteiger partial charge in [-0.25, -0.2) is 4.79 Å². The van der Waals surface area contributed by atoms with Crippen molar-refractivity contribution in [1.82, 2.24) is 0 Å². The number of hydrogen-bond acceptors (Lipinski definition) is 2. The molecule has 0 heterocycles. The lowest BCUT2D eigenvalue weighted by Crippen LogP contribution is -2.13. The molecule has 0 radical (unpaired) electrons. The van der Waals surface area contributed by atoms with Crippen LogP contribution in [-0.2, 0) is 12.8 Å². The molecule has 1 amide bonds. The molecule has 0 aromatic heterocycles. The average Bonchev–Trinajstić information content (AvgIpc) is 2.75. The molecule has 3 aromatic rings. The van der Waals surface area contributed by atoms with Crippen LogP contribution < -0.4 is 5.32 Å². The number of aromatic carboxylic acids is 1. The number of carbonyl (C=O) groups excluding carboxylic acids is 1. The molecule has 0 bridgehead atoms. The van der Waals surface area contributed by atoms with Crippen molar-refractivity contribution in [2.45, 2.75) is 39.0 Å². The molecule has 0 spiro atoms. The number of anilines is 1. The van der Waals surface area contributed by atoms with Gasteiger partial charge in [0.2, 0.25) is 0 Å². The molecule has 154 valence electrons. The van der Waals surface area contributed by atoms with E-state index in [1.165, 1.54) is 0 Å².